The van der Waals surface area contributed by atoms with E-state index in [0.717, 1.165) is 22.8 Å². The SMILES string of the molecule is CN=C(NCc1ccc(OC)c(C(=O)OC)c1)N(C)Cc1ccccc1OC.I. The normalized spacial score (nSPS) is 10.6. The molecule has 0 unspecified atom stereocenters. The van der Waals surface area contributed by atoms with Crippen molar-refractivity contribution >= 4 is 35.9 Å². The Hall–Kier alpha value is -2.49. The summed E-state index contributed by atoms with van der Waals surface area (Å²) in [6.07, 6.45) is 0. The van der Waals surface area contributed by atoms with Gasteiger partial charge in [0.1, 0.15) is 17.1 Å². The van der Waals surface area contributed by atoms with Crippen molar-refractivity contribution < 1.29 is 19.0 Å². The van der Waals surface area contributed by atoms with E-state index in [-0.39, 0.29) is 24.0 Å². The summed E-state index contributed by atoms with van der Waals surface area (Å²) in [4.78, 5) is 18.3. The van der Waals surface area contributed by atoms with Crippen molar-refractivity contribution in [1.82, 2.24) is 10.2 Å². The molecule has 0 aliphatic rings. The van der Waals surface area contributed by atoms with Crippen LogP contribution in [0.2, 0.25) is 0 Å². The van der Waals surface area contributed by atoms with E-state index in [1.54, 1.807) is 26.3 Å². The maximum Gasteiger partial charge on any atom is 0.341 e. The summed E-state index contributed by atoms with van der Waals surface area (Å²) in [5, 5.41) is 3.31. The molecule has 0 bridgehead atoms. The first-order chi connectivity index (χ1) is 13.5. The minimum Gasteiger partial charge on any atom is -0.496 e. The number of aliphatic imine (C=N–C) groups is 1. The molecule has 2 rings (SSSR count). The van der Waals surface area contributed by atoms with E-state index in [4.69, 9.17) is 14.2 Å². The molecule has 0 amide bonds. The summed E-state index contributed by atoms with van der Waals surface area (Å²) < 4.78 is 15.5. The highest BCUT2D eigenvalue weighted by molar-refractivity contribution is 14.0. The molecule has 2 aromatic carbocycles. The summed E-state index contributed by atoms with van der Waals surface area (Å²) >= 11 is 0. The van der Waals surface area contributed by atoms with E-state index < -0.39 is 5.97 Å². The second kappa shape index (κ2) is 12.2. The Balaban J connectivity index is 0.00000420. The van der Waals surface area contributed by atoms with Gasteiger partial charge in [0.05, 0.1) is 21.3 Å². The third kappa shape index (κ3) is 6.52. The van der Waals surface area contributed by atoms with Gasteiger partial charge in [0.25, 0.3) is 0 Å². The van der Waals surface area contributed by atoms with E-state index in [1.807, 2.05) is 42.3 Å². The predicted octanol–water partition coefficient (Wildman–Crippen LogP) is 3.32. The molecule has 0 aromatic heterocycles. The molecule has 0 saturated heterocycles. The van der Waals surface area contributed by atoms with Crippen LogP contribution in [0.5, 0.6) is 11.5 Å². The van der Waals surface area contributed by atoms with Crippen molar-refractivity contribution in [2.75, 3.05) is 35.4 Å². The molecule has 7 nitrogen and oxygen atoms in total. The van der Waals surface area contributed by atoms with Gasteiger partial charge in [0.2, 0.25) is 0 Å². The van der Waals surface area contributed by atoms with Crippen LogP contribution in [0.1, 0.15) is 21.5 Å². The lowest BCUT2D eigenvalue weighted by atomic mass is 10.1. The fourth-order valence-electron chi connectivity index (χ4n) is 2.86. The number of hydrogen-bond donors (Lipinski definition) is 1. The smallest absolute Gasteiger partial charge is 0.341 e. The van der Waals surface area contributed by atoms with Gasteiger partial charge < -0.3 is 24.4 Å². The Kier molecular flexibility index (Phi) is 10.3. The summed E-state index contributed by atoms with van der Waals surface area (Å²) in [6.45, 7) is 1.14. The first kappa shape index (κ1) is 24.5. The average molecular weight is 513 g/mol. The molecule has 0 saturated carbocycles. The van der Waals surface area contributed by atoms with Crippen molar-refractivity contribution in [3.63, 3.8) is 0 Å². The molecule has 0 heterocycles. The van der Waals surface area contributed by atoms with Crippen molar-refractivity contribution in [2.45, 2.75) is 13.1 Å². The fraction of sp³-hybridized carbons (Fsp3) is 0.333. The number of methoxy groups -OCH3 is 3. The Labute approximate surface area is 189 Å². The number of guanidine groups is 1. The third-order valence-corrected chi connectivity index (χ3v) is 4.29. The summed E-state index contributed by atoms with van der Waals surface area (Å²) in [5.74, 6) is 1.61. The summed E-state index contributed by atoms with van der Waals surface area (Å²) in [6, 6.07) is 13.3. The first-order valence-corrected chi connectivity index (χ1v) is 8.83. The number of rotatable bonds is 7. The highest BCUT2D eigenvalue weighted by Gasteiger charge is 2.14. The lowest BCUT2D eigenvalue weighted by Gasteiger charge is -2.23. The van der Waals surface area contributed by atoms with Gasteiger partial charge in [-0.05, 0) is 23.8 Å². The van der Waals surface area contributed by atoms with Crippen LogP contribution in [0, 0.1) is 0 Å². The largest absolute Gasteiger partial charge is 0.496 e. The highest BCUT2D eigenvalue weighted by atomic mass is 127. The van der Waals surface area contributed by atoms with E-state index in [9.17, 15) is 4.79 Å². The van der Waals surface area contributed by atoms with Gasteiger partial charge >= 0.3 is 5.97 Å². The standard InChI is InChI=1S/C21H27N3O4.HI/c1-22-21(24(2)14-16-8-6-7-9-18(16)26-3)23-13-15-10-11-19(27-4)17(12-15)20(25)28-5;/h6-12H,13-14H2,1-5H3,(H,22,23);1H. The van der Waals surface area contributed by atoms with Gasteiger partial charge in [0, 0.05) is 32.7 Å². The molecule has 0 atom stereocenters. The predicted molar refractivity (Wildman–Crippen MR) is 124 cm³/mol. The van der Waals surface area contributed by atoms with Crippen LogP contribution >= 0.6 is 24.0 Å². The molecule has 158 valence electrons. The van der Waals surface area contributed by atoms with E-state index in [2.05, 4.69) is 10.3 Å². The monoisotopic (exact) mass is 513 g/mol. The molecule has 29 heavy (non-hydrogen) atoms. The van der Waals surface area contributed by atoms with E-state index in [0.29, 0.717) is 24.4 Å². The van der Waals surface area contributed by atoms with Crippen LogP contribution in [-0.4, -0.2) is 52.3 Å². The molecule has 0 spiro atoms. The maximum atomic E-state index is 11.9. The van der Waals surface area contributed by atoms with E-state index >= 15 is 0 Å². The van der Waals surface area contributed by atoms with Gasteiger partial charge in [-0.3, -0.25) is 4.99 Å². The lowest BCUT2D eigenvalue weighted by Crippen LogP contribution is -2.38. The number of halogens is 1. The molecule has 0 fully saturated rings. The van der Waals surface area contributed by atoms with Gasteiger partial charge in [-0.2, -0.15) is 0 Å². The number of benzene rings is 2. The number of hydrogen-bond acceptors (Lipinski definition) is 5. The van der Waals surface area contributed by atoms with E-state index in [1.165, 1.54) is 14.2 Å². The zero-order valence-corrected chi connectivity index (χ0v) is 19.7. The lowest BCUT2D eigenvalue weighted by molar-refractivity contribution is 0.0597. The number of nitrogens with zero attached hydrogens (tertiary/aromatic N) is 2. The molecule has 1 N–H and O–H groups in total. The molecule has 0 radical (unpaired) electrons. The van der Waals surface area contributed by atoms with Crippen molar-refractivity contribution in [3.8, 4) is 11.5 Å². The van der Waals surface area contributed by atoms with Gasteiger partial charge in [-0.1, -0.05) is 24.3 Å². The van der Waals surface area contributed by atoms with Gasteiger partial charge in [0.15, 0.2) is 5.96 Å². The van der Waals surface area contributed by atoms with Crippen LogP contribution < -0.4 is 14.8 Å². The fourth-order valence-corrected chi connectivity index (χ4v) is 2.86. The van der Waals surface area contributed by atoms with Crippen molar-refractivity contribution in [1.29, 1.82) is 0 Å². The minimum absolute atomic E-state index is 0. The number of para-hydroxylation sites is 1. The maximum absolute atomic E-state index is 11.9. The molecular weight excluding hydrogens is 485 g/mol. The Morgan fingerprint density at radius 2 is 1.76 bits per heavy atom. The van der Waals surface area contributed by atoms with Crippen molar-refractivity contribution in [2.24, 2.45) is 4.99 Å². The number of carbonyl (C=O) groups excluding carboxylic acids is 1. The number of ether oxygens (including phenoxy) is 3. The molecule has 8 heteroatoms. The minimum atomic E-state index is -0.434. The summed E-state index contributed by atoms with van der Waals surface area (Å²) in [5.41, 5.74) is 2.36. The molecular formula is C21H28IN3O4. The van der Waals surface area contributed by atoms with Crippen LogP contribution in [-0.2, 0) is 17.8 Å². The topological polar surface area (TPSA) is 72.4 Å². The molecule has 0 aliphatic carbocycles. The second-order valence-corrected chi connectivity index (χ2v) is 6.09. The number of esters is 1. The number of nitrogens with one attached hydrogen (secondary N) is 1. The zero-order chi connectivity index (χ0) is 20.5. The van der Waals surface area contributed by atoms with Crippen molar-refractivity contribution in [3.05, 3.63) is 59.2 Å². The molecule has 0 aliphatic heterocycles. The molecule has 2 aromatic rings. The highest BCUT2D eigenvalue weighted by Crippen LogP contribution is 2.21. The second-order valence-electron chi connectivity index (χ2n) is 6.09. The van der Waals surface area contributed by atoms with Crippen LogP contribution in [0.15, 0.2) is 47.5 Å². The van der Waals surface area contributed by atoms with Gasteiger partial charge in [-0.25, -0.2) is 4.79 Å². The quantitative estimate of drug-likeness (QED) is 0.265. The Bertz CT molecular complexity index is 842. The van der Waals surface area contributed by atoms with Crippen LogP contribution in [0.25, 0.3) is 0 Å². The Morgan fingerprint density at radius 1 is 1.07 bits per heavy atom. The average Bonchev–Trinajstić information content (AvgIpc) is 2.73. The summed E-state index contributed by atoms with van der Waals surface area (Å²) in [7, 11) is 8.22. The van der Waals surface area contributed by atoms with Gasteiger partial charge in [-0.15, -0.1) is 24.0 Å². The Morgan fingerprint density at radius 3 is 2.38 bits per heavy atom. The third-order valence-electron chi connectivity index (χ3n) is 4.29. The zero-order valence-electron chi connectivity index (χ0n) is 17.4. The van der Waals surface area contributed by atoms with Crippen LogP contribution in [0.3, 0.4) is 0 Å². The first-order valence-electron chi connectivity index (χ1n) is 8.83. The van der Waals surface area contributed by atoms with Crippen LogP contribution in [0.4, 0.5) is 0 Å². The number of carbonyl (C=O) groups is 1.